The number of rotatable bonds is 4. The average Bonchev–Trinajstić information content (AvgIpc) is 2.87. The lowest BCUT2D eigenvalue weighted by Gasteiger charge is -2.52. The molecule has 3 rings (SSSR count). The molecule has 10 unspecified atom stereocenters. The monoisotopic (exact) mass is 476 g/mol. The van der Waals surface area contributed by atoms with Crippen LogP contribution in [0.2, 0.25) is 0 Å². The fourth-order valence-corrected chi connectivity index (χ4v) is 6.73. The van der Waals surface area contributed by atoms with Gasteiger partial charge in [-0.2, -0.15) is 0 Å². The van der Waals surface area contributed by atoms with Gasteiger partial charge in [-0.05, 0) is 77.6 Å². The summed E-state index contributed by atoms with van der Waals surface area (Å²) in [4.78, 5) is 25.5. The van der Waals surface area contributed by atoms with E-state index in [0.717, 1.165) is 12.0 Å². The molecule has 1 saturated heterocycles. The number of hydrogen-bond donors (Lipinski definition) is 1. The van der Waals surface area contributed by atoms with E-state index in [1.54, 1.807) is 13.0 Å². The van der Waals surface area contributed by atoms with E-state index >= 15 is 0 Å². The second kappa shape index (κ2) is 9.87. The Kier molecular flexibility index (Phi) is 7.86. The summed E-state index contributed by atoms with van der Waals surface area (Å²) in [5.74, 6) is -1.27. The Bertz CT molecular complexity index is 840. The van der Waals surface area contributed by atoms with Crippen molar-refractivity contribution in [2.45, 2.75) is 92.3 Å². The Morgan fingerprint density at radius 3 is 2.29 bits per heavy atom. The van der Waals surface area contributed by atoms with Crippen LogP contribution in [-0.4, -0.2) is 47.6 Å². The molecule has 6 nitrogen and oxygen atoms in total. The summed E-state index contributed by atoms with van der Waals surface area (Å²) in [6, 6.07) is 0. The highest BCUT2D eigenvalue weighted by Gasteiger charge is 2.62. The van der Waals surface area contributed by atoms with Gasteiger partial charge in [-0.1, -0.05) is 38.5 Å². The van der Waals surface area contributed by atoms with Crippen LogP contribution in [0.3, 0.4) is 0 Å². The summed E-state index contributed by atoms with van der Waals surface area (Å²) in [5.41, 5.74) is -0.0882. The van der Waals surface area contributed by atoms with Crippen LogP contribution in [0.1, 0.15) is 68.7 Å². The van der Waals surface area contributed by atoms with Crippen LogP contribution in [0.5, 0.6) is 0 Å². The number of carbonyl (C=O) groups excluding carboxylic acids is 2. The van der Waals surface area contributed by atoms with E-state index in [-0.39, 0.29) is 47.6 Å². The molecular formula is C28H44O6. The smallest absolute Gasteiger partial charge is 0.333 e. The van der Waals surface area contributed by atoms with Gasteiger partial charge in [0, 0.05) is 17.4 Å². The first kappa shape index (κ1) is 27.1. The van der Waals surface area contributed by atoms with Crippen molar-refractivity contribution >= 4 is 12.3 Å². The van der Waals surface area contributed by atoms with Crippen molar-refractivity contribution in [3.63, 3.8) is 0 Å². The minimum atomic E-state index is -1.70. The van der Waals surface area contributed by atoms with Crippen molar-refractivity contribution in [3.8, 4) is 0 Å². The van der Waals surface area contributed by atoms with Gasteiger partial charge in [0.25, 0.3) is 0 Å². The van der Waals surface area contributed by atoms with Crippen molar-refractivity contribution in [2.75, 3.05) is 6.61 Å². The molecule has 1 heterocycles. The number of ether oxygens (including phenoxy) is 3. The average molecular weight is 477 g/mol. The van der Waals surface area contributed by atoms with E-state index in [1.807, 2.05) is 40.7 Å². The van der Waals surface area contributed by atoms with Crippen LogP contribution in [0.4, 0.5) is 0 Å². The summed E-state index contributed by atoms with van der Waals surface area (Å²) in [5, 5.41) is 12.1. The van der Waals surface area contributed by atoms with Crippen LogP contribution in [0.15, 0.2) is 23.3 Å². The van der Waals surface area contributed by atoms with E-state index in [0.29, 0.717) is 18.5 Å². The summed E-state index contributed by atoms with van der Waals surface area (Å²) in [6.45, 7) is 18.1. The Balaban J connectivity index is 2.13. The van der Waals surface area contributed by atoms with Crippen molar-refractivity contribution in [2.24, 2.45) is 41.4 Å². The lowest BCUT2D eigenvalue weighted by atomic mass is 9.56. The second-order valence-electron chi connectivity index (χ2n) is 11.7. The lowest BCUT2D eigenvalue weighted by Crippen LogP contribution is -2.61. The topological polar surface area (TPSA) is 82.1 Å². The maximum absolute atomic E-state index is 12.7. The molecule has 0 radical (unpaired) electrons. The highest BCUT2D eigenvalue weighted by Crippen LogP contribution is 2.56. The van der Waals surface area contributed by atoms with Crippen LogP contribution < -0.4 is 0 Å². The molecule has 0 aromatic carbocycles. The molecule has 2 aliphatic carbocycles. The van der Waals surface area contributed by atoms with Crippen LogP contribution in [0.25, 0.3) is 0 Å². The van der Waals surface area contributed by atoms with E-state index in [2.05, 4.69) is 20.8 Å². The number of aldehydes is 1. The molecule has 3 aliphatic rings. The second-order valence-corrected chi connectivity index (χ2v) is 11.7. The first-order valence-corrected chi connectivity index (χ1v) is 12.8. The Labute approximate surface area is 205 Å². The number of hydrogen-bond acceptors (Lipinski definition) is 6. The normalized spacial score (nSPS) is 44.2. The fraction of sp³-hybridized carbons (Fsp3) is 0.786. The largest absolute Gasteiger partial charge is 0.458 e. The predicted octanol–water partition coefficient (Wildman–Crippen LogP) is 4.70. The summed E-state index contributed by atoms with van der Waals surface area (Å²) >= 11 is 0. The molecule has 1 N–H and O–H groups in total. The van der Waals surface area contributed by atoms with E-state index < -0.39 is 23.4 Å². The van der Waals surface area contributed by atoms with Gasteiger partial charge >= 0.3 is 5.97 Å². The van der Waals surface area contributed by atoms with Gasteiger partial charge in [-0.15, -0.1) is 0 Å². The van der Waals surface area contributed by atoms with Gasteiger partial charge in [0.1, 0.15) is 12.2 Å². The van der Waals surface area contributed by atoms with Gasteiger partial charge in [-0.3, -0.25) is 0 Å². The van der Waals surface area contributed by atoms with E-state index in [4.69, 9.17) is 14.2 Å². The zero-order valence-electron chi connectivity index (χ0n) is 22.3. The number of aliphatic hydroxyl groups is 1. The molecule has 3 fully saturated rings. The van der Waals surface area contributed by atoms with Crippen molar-refractivity contribution in [3.05, 3.63) is 23.3 Å². The van der Waals surface area contributed by atoms with Gasteiger partial charge in [0.2, 0.25) is 0 Å². The molecule has 6 heteroatoms. The Morgan fingerprint density at radius 2 is 1.74 bits per heavy atom. The summed E-state index contributed by atoms with van der Waals surface area (Å²) in [7, 11) is 0. The molecule has 1 aliphatic heterocycles. The minimum Gasteiger partial charge on any atom is -0.458 e. The number of fused-ring (bicyclic) bond motifs is 2. The first-order chi connectivity index (χ1) is 15.8. The fourth-order valence-electron chi connectivity index (χ4n) is 6.73. The molecule has 192 valence electrons. The maximum Gasteiger partial charge on any atom is 0.333 e. The van der Waals surface area contributed by atoms with Crippen molar-refractivity contribution in [1.82, 2.24) is 0 Å². The molecule has 2 saturated carbocycles. The SMILES string of the molecule is C/C=C(\C)C(=O)OC1C(C)C(C)C2CC3COC(C)(C)OC3C(O)(C=O)C(C=C(C)C)C2C1C. The molecule has 0 aromatic heterocycles. The van der Waals surface area contributed by atoms with Gasteiger partial charge in [-0.25, -0.2) is 4.79 Å². The third kappa shape index (κ3) is 4.78. The van der Waals surface area contributed by atoms with Gasteiger partial charge in [0.05, 0.1) is 6.61 Å². The quantitative estimate of drug-likeness (QED) is 0.274. The Morgan fingerprint density at radius 1 is 1.09 bits per heavy atom. The van der Waals surface area contributed by atoms with Crippen molar-refractivity contribution in [1.29, 1.82) is 0 Å². The highest BCUT2D eigenvalue weighted by atomic mass is 16.7. The molecule has 0 bridgehead atoms. The Hall–Kier alpha value is -1.50. The highest BCUT2D eigenvalue weighted by molar-refractivity contribution is 5.87. The number of carbonyl (C=O) groups is 2. The van der Waals surface area contributed by atoms with E-state index in [9.17, 15) is 14.7 Å². The number of esters is 1. The molecule has 0 aromatic rings. The number of allylic oxidation sites excluding steroid dienone is 2. The zero-order valence-corrected chi connectivity index (χ0v) is 22.3. The summed E-state index contributed by atoms with van der Waals surface area (Å²) in [6.07, 6.45) is 4.31. The molecule has 10 atom stereocenters. The lowest BCUT2D eigenvalue weighted by molar-refractivity contribution is -0.320. The zero-order chi connectivity index (χ0) is 25.6. The molecule has 0 spiro atoms. The van der Waals surface area contributed by atoms with E-state index in [1.165, 1.54) is 0 Å². The van der Waals surface area contributed by atoms with Crippen LogP contribution >= 0.6 is 0 Å². The van der Waals surface area contributed by atoms with Gasteiger partial charge < -0.3 is 24.1 Å². The molecular weight excluding hydrogens is 432 g/mol. The van der Waals surface area contributed by atoms with Crippen molar-refractivity contribution < 1.29 is 28.9 Å². The maximum atomic E-state index is 12.7. The summed E-state index contributed by atoms with van der Waals surface area (Å²) < 4.78 is 18.4. The molecule has 0 amide bonds. The minimum absolute atomic E-state index is 0.0500. The van der Waals surface area contributed by atoms with Crippen LogP contribution in [-0.2, 0) is 23.8 Å². The predicted molar refractivity (Wildman–Crippen MR) is 131 cm³/mol. The third-order valence-corrected chi connectivity index (χ3v) is 8.81. The van der Waals surface area contributed by atoms with Gasteiger partial charge in [0.15, 0.2) is 17.7 Å². The standard InChI is InChI=1S/C28H44O6/c1-10-16(4)26(30)33-24-18(6)17(5)21-12-20-13-32-27(8,9)34-25(20)28(31,14-29)22(11-15(2)3)23(21)19(24)7/h10-11,14,17-25,31H,12-13H2,1-9H3/b16-10+. The first-order valence-electron chi connectivity index (χ1n) is 12.8. The van der Waals surface area contributed by atoms with Crippen LogP contribution in [0, 0.1) is 41.4 Å². The third-order valence-electron chi connectivity index (χ3n) is 8.81. The molecule has 34 heavy (non-hydrogen) atoms.